The molecule has 5 heteroatoms. The molecule has 0 saturated heterocycles. The topological polar surface area (TPSA) is 79.2 Å². The van der Waals surface area contributed by atoms with E-state index in [1.54, 1.807) is 13.8 Å². The predicted molar refractivity (Wildman–Crippen MR) is 73.2 cm³/mol. The highest BCUT2D eigenvalue weighted by Crippen LogP contribution is 2.07. The molecule has 0 aliphatic carbocycles. The minimum Gasteiger partial charge on any atom is -0.491 e. The Morgan fingerprint density at radius 3 is 2.21 bits per heavy atom. The number of ether oxygens (including phenoxy) is 2. The summed E-state index contributed by atoms with van der Waals surface area (Å²) in [6.45, 7) is 4.12. The molecule has 0 bridgehead atoms. The molecule has 0 radical (unpaired) electrons. The van der Waals surface area contributed by atoms with E-state index >= 15 is 0 Å². The molecule has 1 aromatic rings. The van der Waals surface area contributed by atoms with Gasteiger partial charge in [0.1, 0.15) is 12.4 Å². The Balaban J connectivity index is 0.000000344. The van der Waals surface area contributed by atoms with Gasteiger partial charge in [0.15, 0.2) is 0 Å². The molecule has 0 aliphatic rings. The maximum absolute atomic E-state index is 8.69. The highest BCUT2D eigenvalue weighted by molar-refractivity contribution is 5.20. The number of hydrogen-bond acceptors (Lipinski definition) is 5. The molecule has 110 valence electrons. The van der Waals surface area contributed by atoms with Crippen LogP contribution in [0.1, 0.15) is 13.8 Å². The van der Waals surface area contributed by atoms with Crippen molar-refractivity contribution in [3.63, 3.8) is 0 Å². The molecule has 0 saturated carbocycles. The minimum atomic E-state index is -0.445. The highest BCUT2D eigenvalue weighted by Gasteiger charge is 2.00. The lowest BCUT2D eigenvalue weighted by atomic mass is 10.3. The molecule has 1 rings (SSSR count). The zero-order valence-corrected chi connectivity index (χ0v) is 11.5. The van der Waals surface area contributed by atoms with Crippen LogP contribution in [0.2, 0.25) is 0 Å². The molecule has 3 N–H and O–H groups in total. The standard InChI is InChI=1S/C8H10O2.C6H14O3/c9-6-7-10-8-4-2-1-3-5-8;1-5(8)4-9-6(2)3-7/h1-5,9H,6-7H2;5-8H,3-4H2,1-2H3. The number of para-hydroxylation sites is 1. The van der Waals surface area contributed by atoms with Crippen LogP contribution in [0.3, 0.4) is 0 Å². The van der Waals surface area contributed by atoms with Crippen molar-refractivity contribution < 1.29 is 24.8 Å². The van der Waals surface area contributed by atoms with Crippen LogP contribution in [0.4, 0.5) is 0 Å². The van der Waals surface area contributed by atoms with E-state index in [9.17, 15) is 0 Å². The summed E-state index contributed by atoms with van der Waals surface area (Å²) in [5, 5.41) is 25.5. The van der Waals surface area contributed by atoms with Gasteiger partial charge in [0.25, 0.3) is 0 Å². The van der Waals surface area contributed by atoms with Gasteiger partial charge in [0.2, 0.25) is 0 Å². The van der Waals surface area contributed by atoms with Gasteiger partial charge in [-0.1, -0.05) is 18.2 Å². The minimum absolute atomic E-state index is 0.00667. The lowest BCUT2D eigenvalue weighted by molar-refractivity contribution is -0.0177. The molecule has 0 aliphatic heterocycles. The normalized spacial score (nSPS) is 13.1. The Kier molecular flexibility index (Phi) is 11.2. The second-order valence-electron chi connectivity index (χ2n) is 4.06. The fraction of sp³-hybridized carbons (Fsp3) is 0.571. The van der Waals surface area contributed by atoms with E-state index in [2.05, 4.69) is 0 Å². The first-order chi connectivity index (χ1) is 9.10. The van der Waals surface area contributed by atoms with Gasteiger partial charge in [-0.15, -0.1) is 0 Å². The molecular formula is C14H24O5. The van der Waals surface area contributed by atoms with E-state index < -0.39 is 6.10 Å². The SMILES string of the molecule is CC(O)COC(C)CO.OCCOc1ccccc1. The third-order valence-corrected chi connectivity index (χ3v) is 1.98. The van der Waals surface area contributed by atoms with E-state index in [0.717, 1.165) is 5.75 Å². The summed E-state index contributed by atoms with van der Waals surface area (Å²) in [6, 6.07) is 9.43. The summed E-state index contributed by atoms with van der Waals surface area (Å²) in [6.07, 6.45) is -0.612. The van der Waals surface area contributed by atoms with Gasteiger partial charge < -0.3 is 24.8 Å². The van der Waals surface area contributed by atoms with Crippen LogP contribution >= 0.6 is 0 Å². The number of rotatable bonds is 7. The maximum atomic E-state index is 8.69. The van der Waals surface area contributed by atoms with Crippen molar-refractivity contribution in [1.29, 1.82) is 0 Å². The smallest absolute Gasteiger partial charge is 0.119 e. The fourth-order valence-electron chi connectivity index (χ4n) is 1.04. The molecule has 5 nitrogen and oxygen atoms in total. The molecule has 0 amide bonds. The van der Waals surface area contributed by atoms with Crippen molar-refractivity contribution in [3.8, 4) is 5.75 Å². The van der Waals surface area contributed by atoms with Crippen molar-refractivity contribution in [2.24, 2.45) is 0 Å². The third-order valence-electron chi connectivity index (χ3n) is 1.98. The summed E-state index contributed by atoms with van der Waals surface area (Å²) in [5.41, 5.74) is 0. The first-order valence-electron chi connectivity index (χ1n) is 6.29. The number of hydrogen-bond donors (Lipinski definition) is 3. The van der Waals surface area contributed by atoms with E-state index in [4.69, 9.17) is 24.8 Å². The third kappa shape index (κ3) is 11.7. The van der Waals surface area contributed by atoms with E-state index in [-0.39, 0.29) is 19.3 Å². The van der Waals surface area contributed by atoms with Crippen LogP contribution < -0.4 is 4.74 Å². The molecule has 0 spiro atoms. The second kappa shape index (κ2) is 11.9. The van der Waals surface area contributed by atoms with Crippen LogP contribution in [0.5, 0.6) is 5.75 Å². The lowest BCUT2D eigenvalue weighted by Gasteiger charge is -2.10. The maximum Gasteiger partial charge on any atom is 0.119 e. The quantitative estimate of drug-likeness (QED) is 0.685. The van der Waals surface area contributed by atoms with Crippen molar-refractivity contribution in [2.45, 2.75) is 26.1 Å². The Labute approximate surface area is 114 Å². The van der Waals surface area contributed by atoms with Gasteiger partial charge in [0, 0.05) is 0 Å². The predicted octanol–water partition coefficient (Wildman–Crippen LogP) is 0.822. The van der Waals surface area contributed by atoms with Crippen LogP contribution in [-0.4, -0.2) is 54.0 Å². The molecule has 0 fully saturated rings. The first-order valence-corrected chi connectivity index (χ1v) is 6.29. The van der Waals surface area contributed by atoms with Crippen molar-refractivity contribution in [3.05, 3.63) is 30.3 Å². The van der Waals surface area contributed by atoms with Crippen LogP contribution in [-0.2, 0) is 4.74 Å². The number of aliphatic hydroxyl groups excluding tert-OH is 3. The summed E-state index contributed by atoms with van der Waals surface area (Å²) in [5.74, 6) is 0.802. The molecule has 2 unspecified atom stereocenters. The fourth-order valence-corrected chi connectivity index (χ4v) is 1.04. The zero-order chi connectivity index (χ0) is 14.5. The van der Waals surface area contributed by atoms with Gasteiger partial charge in [-0.25, -0.2) is 0 Å². The Bertz CT molecular complexity index is 289. The summed E-state index contributed by atoms with van der Waals surface area (Å²) >= 11 is 0. The monoisotopic (exact) mass is 272 g/mol. The van der Waals surface area contributed by atoms with Gasteiger partial charge in [-0.2, -0.15) is 0 Å². The van der Waals surface area contributed by atoms with Crippen LogP contribution in [0.25, 0.3) is 0 Å². The van der Waals surface area contributed by atoms with Gasteiger partial charge in [0.05, 0.1) is 32.0 Å². The average Bonchev–Trinajstić information content (AvgIpc) is 2.44. The van der Waals surface area contributed by atoms with E-state index in [1.807, 2.05) is 30.3 Å². The lowest BCUT2D eigenvalue weighted by Crippen LogP contribution is -2.19. The molecule has 0 heterocycles. The van der Waals surface area contributed by atoms with E-state index in [1.165, 1.54) is 0 Å². The Morgan fingerprint density at radius 2 is 1.74 bits per heavy atom. The average molecular weight is 272 g/mol. The van der Waals surface area contributed by atoms with Gasteiger partial charge >= 0.3 is 0 Å². The summed E-state index contributed by atoms with van der Waals surface area (Å²) in [7, 11) is 0. The molecule has 0 aromatic heterocycles. The zero-order valence-electron chi connectivity index (χ0n) is 11.5. The number of aliphatic hydroxyl groups is 3. The van der Waals surface area contributed by atoms with Crippen molar-refractivity contribution in [2.75, 3.05) is 26.4 Å². The van der Waals surface area contributed by atoms with Crippen molar-refractivity contribution in [1.82, 2.24) is 0 Å². The molecule has 1 aromatic carbocycles. The molecule has 19 heavy (non-hydrogen) atoms. The van der Waals surface area contributed by atoms with Gasteiger partial charge in [-0.3, -0.25) is 0 Å². The second-order valence-corrected chi connectivity index (χ2v) is 4.06. The van der Waals surface area contributed by atoms with E-state index in [0.29, 0.717) is 13.2 Å². The Morgan fingerprint density at radius 1 is 1.11 bits per heavy atom. The van der Waals surface area contributed by atoms with Crippen LogP contribution in [0.15, 0.2) is 30.3 Å². The first kappa shape index (κ1) is 17.9. The van der Waals surface area contributed by atoms with Crippen LogP contribution in [0, 0.1) is 0 Å². The highest BCUT2D eigenvalue weighted by atomic mass is 16.5. The summed E-state index contributed by atoms with van der Waals surface area (Å²) < 4.78 is 10.1. The van der Waals surface area contributed by atoms with Gasteiger partial charge in [-0.05, 0) is 26.0 Å². The summed E-state index contributed by atoms with van der Waals surface area (Å²) in [4.78, 5) is 0. The Hall–Kier alpha value is -1.14. The number of benzene rings is 1. The van der Waals surface area contributed by atoms with Crippen molar-refractivity contribution >= 4 is 0 Å². The molecule has 2 atom stereocenters. The molecular weight excluding hydrogens is 248 g/mol. The largest absolute Gasteiger partial charge is 0.491 e.